The Hall–Kier alpha value is -1.14. The van der Waals surface area contributed by atoms with Crippen LogP contribution in [-0.4, -0.2) is 30.8 Å². The molecule has 0 amide bonds. The van der Waals surface area contributed by atoms with E-state index < -0.39 is 15.5 Å². The van der Waals surface area contributed by atoms with Gasteiger partial charge < -0.3 is 4.98 Å². The maximum atomic E-state index is 12.5. The summed E-state index contributed by atoms with van der Waals surface area (Å²) in [6.45, 7) is 0. The highest BCUT2D eigenvalue weighted by Gasteiger charge is 2.29. The van der Waals surface area contributed by atoms with Crippen LogP contribution in [0.4, 0.5) is 0 Å². The maximum absolute atomic E-state index is 12.5. The van der Waals surface area contributed by atoms with Crippen molar-refractivity contribution in [1.82, 2.24) is 9.29 Å². The van der Waals surface area contributed by atoms with Gasteiger partial charge in [-0.3, -0.25) is 4.79 Å². The van der Waals surface area contributed by atoms with Gasteiger partial charge in [0.15, 0.2) is 0 Å². The number of pyridine rings is 1. The molecule has 1 aromatic rings. The summed E-state index contributed by atoms with van der Waals surface area (Å²) >= 11 is 0. The van der Waals surface area contributed by atoms with Gasteiger partial charge in [-0.2, -0.15) is 4.31 Å². The Kier molecular flexibility index (Phi) is 4.42. The highest BCUT2D eigenvalue weighted by atomic mass is 32.2. The molecule has 6 heteroatoms. The average molecular weight is 284 g/mol. The number of hydrogen-bond donors (Lipinski definition) is 1. The lowest BCUT2D eigenvalue weighted by atomic mass is 10.1. The third kappa shape index (κ3) is 3.06. The summed E-state index contributed by atoms with van der Waals surface area (Å²) in [5.74, 6) is 0. The van der Waals surface area contributed by atoms with Gasteiger partial charge in [0.1, 0.15) is 4.90 Å². The number of aromatic amines is 1. The molecular weight excluding hydrogens is 264 g/mol. The standard InChI is InChI=1S/C13H20N2O3S/c1-15(11-6-4-2-3-5-7-11)19(17,18)13-10-14-9-8-12(13)16/h8-11H,2-7H2,1H3,(H,14,16). The first-order valence-electron chi connectivity index (χ1n) is 6.68. The monoisotopic (exact) mass is 284 g/mol. The second-order valence-corrected chi connectivity index (χ2v) is 7.01. The molecule has 0 aromatic carbocycles. The number of H-pyrrole nitrogens is 1. The van der Waals surface area contributed by atoms with Gasteiger partial charge in [-0.1, -0.05) is 25.7 Å². The van der Waals surface area contributed by atoms with E-state index in [1.54, 1.807) is 7.05 Å². The number of nitrogens with zero attached hydrogens (tertiary/aromatic N) is 1. The van der Waals surface area contributed by atoms with Crippen LogP contribution >= 0.6 is 0 Å². The predicted molar refractivity (Wildman–Crippen MR) is 73.5 cm³/mol. The molecule has 2 rings (SSSR count). The first-order valence-corrected chi connectivity index (χ1v) is 8.12. The molecule has 1 fully saturated rings. The zero-order chi connectivity index (χ0) is 13.9. The number of rotatable bonds is 3. The van der Waals surface area contributed by atoms with Crippen molar-refractivity contribution < 1.29 is 8.42 Å². The van der Waals surface area contributed by atoms with Crippen LogP contribution in [0.25, 0.3) is 0 Å². The minimum atomic E-state index is -3.70. The minimum Gasteiger partial charge on any atom is -0.366 e. The Morgan fingerprint density at radius 1 is 1.21 bits per heavy atom. The van der Waals surface area contributed by atoms with Crippen LogP contribution in [0.5, 0.6) is 0 Å². The fraction of sp³-hybridized carbons (Fsp3) is 0.615. The van der Waals surface area contributed by atoms with Gasteiger partial charge in [0.2, 0.25) is 15.5 Å². The second kappa shape index (κ2) is 5.88. The smallest absolute Gasteiger partial charge is 0.248 e. The highest BCUT2D eigenvalue weighted by molar-refractivity contribution is 7.89. The normalized spacial score (nSPS) is 18.4. The van der Waals surface area contributed by atoms with Gasteiger partial charge in [-0.05, 0) is 12.8 Å². The number of nitrogens with one attached hydrogen (secondary N) is 1. The molecule has 1 heterocycles. The van der Waals surface area contributed by atoms with Gasteiger partial charge in [-0.15, -0.1) is 0 Å². The van der Waals surface area contributed by atoms with E-state index in [-0.39, 0.29) is 10.9 Å². The largest absolute Gasteiger partial charge is 0.366 e. The van der Waals surface area contributed by atoms with Gasteiger partial charge in [0.05, 0.1) is 0 Å². The lowest BCUT2D eigenvalue weighted by molar-refractivity contribution is 0.335. The SMILES string of the molecule is CN(C1CCCCCC1)S(=O)(=O)c1c[nH]ccc1=O. The Morgan fingerprint density at radius 3 is 2.42 bits per heavy atom. The fourth-order valence-electron chi connectivity index (χ4n) is 2.58. The number of sulfonamides is 1. The van der Waals surface area contributed by atoms with E-state index in [1.807, 2.05) is 0 Å². The van der Waals surface area contributed by atoms with Crippen molar-refractivity contribution in [1.29, 1.82) is 0 Å². The number of hydrogen-bond acceptors (Lipinski definition) is 3. The average Bonchev–Trinajstić information content (AvgIpc) is 2.67. The van der Waals surface area contributed by atoms with Crippen molar-refractivity contribution in [2.75, 3.05) is 7.05 Å². The van der Waals surface area contributed by atoms with Crippen molar-refractivity contribution in [3.63, 3.8) is 0 Å². The lowest BCUT2D eigenvalue weighted by Gasteiger charge is -2.26. The van der Waals surface area contributed by atoms with E-state index in [4.69, 9.17) is 0 Å². The zero-order valence-electron chi connectivity index (χ0n) is 11.1. The van der Waals surface area contributed by atoms with Crippen molar-refractivity contribution in [3.8, 4) is 0 Å². The Bertz CT molecular complexity index is 572. The van der Waals surface area contributed by atoms with E-state index >= 15 is 0 Å². The molecule has 1 aliphatic carbocycles. The molecule has 0 aliphatic heterocycles. The topological polar surface area (TPSA) is 70.2 Å². The van der Waals surface area contributed by atoms with Crippen molar-refractivity contribution in [3.05, 3.63) is 28.7 Å². The molecule has 106 valence electrons. The molecule has 1 N–H and O–H groups in total. The third-order valence-electron chi connectivity index (χ3n) is 3.78. The van der Waals surface area contributed by atoms with Crippen molar-refractivity contribution in [2.45, 2.75) is 49.5 Å². The van der Waals surface area contributed by atoms with E-state index in [0.717, 1.165) is 38.5 Å². The Morgan fingerprint density at radius 2 is 1.84 bits per heavy atom. The van der Waals surface area contributed by atoms with Gasteiger partial charge >= 0.3 is 0 Å². The van der Waals surface area contributed by atoms with Crippen LogP contribution in [0.15, 0.2) is 28.2 Å². The Balaban J connectivity index is 2.28. The maximum Gasteiger partial charge on any atom is 0.248 e. The van der Waals surface area contributed by atoms with Gasteiger partial charge in [0, 0.05) is 31.5 Å². The molecule has 0 radical (unpaired) electrons. The predicted octanol–water partition coefficient (Wildman–Crippen LogP) is 1.72. The molecule has 0 saturated heterocycles. The van der Waals surface area contributed by atoms with Crippen molar-refractivity contribution in [2.24, 2.45) is 0 Å². The van der Waals surface area contributed by atoms with Crippen LogP contribution in [0, 0.1) is 0 Å². The summed E-state index contributed by atoms with van der Waals surface area (Å²) in [4.78, 5) is 14.2. The van der Waals surface area contributed by atoms with Crippen LogP contribution in [-0.2, 0) is 10.0 Å². The highest BCUT2D eigenvalue weighted by Crippen LogP contribution is 2.24. The van der Waals surface area contributed by atoms with Crippen LogP contribution in [0.1, 0.15) is 38.5 Å². The minimum absolute atomic E-state index is 0.00658. The van der Waals surface area contributed by atoms with E-state index in [0.29, 0.717) is 0 Å². The molecule has 5 nitrogen and oxygen atoms in total. The summed E-state index contributed by atoms with van der Waals surface area (Å²) in [5, 5.41) is 0. The molecular formula is C13H20N2O3S. The first kappa shape index (κ1) is 14.3. The summed E-state index contributed by atoms with van der Waals surface area (Å²) in [5.41, 5.74) is -0.459. The first-order chi connectivity index (χ1) is 9.03. The summed E-state index contributed by atoms with van der Waals surface area (Å²) in [7, 11) is -2.11. The molecule has 1 aromatic heterocycles. The zero-order valence-corrected chi connectivity index (χ0v) is 11.9. The molecule has 0 spiro atoms. The van der Waals surface area contributed by atoms with Crippen LogP contribution in [0.3, 0.4) is 0 Å². The summed E-state index contributed by atoms with van der Waals surface area (Å²) in [6, 6.07) is 1.25. The van der Waals surface area contributed by atoms with Crippen molar-refractivity contribution >= 4 is 10.0 Å². The van der Waals surface area contributed by atoms with Crippen LogP contribution in [0.2, 0.25) is 0 Å². The molecule has 19 heavy (non-hydrogen) atoms. The van der Waals surface area contributed by atoms with E-state index in [9.17, 15) is 13.2 Å². The summed E-state index contributed by atoms with van der Waals surface area (Å²) in [6.07, 6.45) is 8.89. The van der Waals surface area contributed by atoms with E-state index in [2.05, 4.69) is 4.98 Å². The Labute approximate surface area is 113 Å². The third-order valence-corrected chi connectivity index (χ3v) is 5.72. The van der Waals surface area contributed by atoms with Gasteiger partial charge in [0.25, 0.3) is 0 Å². The number of aromatic nitrogens is 1. The molecule has 0 unspecified atom stereocenters. The van der Waals surface area contributed by atoms with Crippen LogP contribution < -0.4 is 5.43 Å². The van der Waals surface area contributed by atoms with Gasteiger partial charge in [-0.25, -0.2) is 8.42 Å². The quantitative estimate of drug-likeness (QED) is 0.859. The lowest BCUT2D eigenvalue weighted by Crippen LogP contribution is -2.38. The molecule has 1 aliphatic rings. The second-order valence-electron chi connectivity index (χ2n) is 5.04. The summed E-state index contributed by atoms with van der Waals surface area (Å²) < 4.78 is 26.3. The fourth-order valence-corrected chi connectivity index (χ4v) is 4.03. The molecule has 0 atom stereocenters. The molecule has 1 saturated carbocycles. The molecule has 0 bridgehead atoms. The van der Waals surface area contributed by atoms with E-state index in [1.165, 1.54) is 22.8 Å².